The maximum atomic E-state index is 13.2. The minimum atomic E-state index is -4.40. The fourth-order valence-electron chi connectivity index (χ4n) is 5.88. The Balaban J connectivity index is 2.40. The molecule has 0 aliphatic carbocycles. The highest BCUT2D eigenvalue weighted by Crippen LogP contribution is 2.54. The Labute approximate surface area is 223 Å². The van der Waals surface area contributed by atoms with Crippen molar-refractivity contribution < 1.29 is 95.0 Å². The van der Waals surface area contributed by atoms with Crippen molar-refractivity contribution in [2.75, 3.05) is 19.8 Å². The van der Waals surface area contributed by atoms with E-state index in [9.17, 15) is 80.8 Å². The van der Waals surface area contributed by atoms with Gasteiger partial charge < -0.3 is 80.6 Å². The average Bonchev–Trinajstić information content (AvgIpc) is 3.46. The van der Waals surface area contributed by atoms with Crippen LogP contribution in [0.15, 0.2) is 0 Å². The molecule has 0 aromatic heterocycles. The number of carboxylic acids is 3. The summed E-state index contributed by atoms with van der Waals surface area (Å²) in [5.41, 5.74) is -8.35. The molecular formula is C21H32O19. The molecular weight excluding hydrogens is 556 g/mol. The molecule has 13 N–H and O–H groups in total. The van der Waals surface area contributed by atoms with Crippen LogP contribution in [0.5, 0.6) is 0 Å². The molecule has 3 heterocycles. The summed E-state index contributed by atoms with van der Waals surface area (Å²) in [7, 11) is 0. The van der Waals surface area contributed by atoms with Crippen LogP contribution in [0.3, 0.4) is 0 Å². The van der Waals surface area contributed by atoms with E-state index in [1.54, 1.807) is 0 Å². The van der Waals surface area contributed by atoms with Crippen LogP contribution in [-0.2, 0) is 28.6 Å². The first-order valence-electron chi connectivity index (χ1n) is 11.9. The third-order valence-electron chi connectivity index (χ3n) is 7.92. The number of hydrogen-bond donors (Lipinski definition) is 13. The first-order chi connectivity index (χ1) is 18.6. The van der Waals surface area contributed by atoms with Crippen molar-refractivity contribution >= 4 is 17.9 Å². The summed E-state index contributed by atoms with van der Waals surface area (Å²) in [6.45, 7) is -3.30. The summed E-state index contributed by atoms with van der Waals surface area (Å²) >= 11 is 0. The predicted molar refractivity (Wildman–Crippen MR) is 117 cm³/mol. The predicted octanol–water partition coefficient (Wildman–Crippen LogP) is -7.98. The molecule has 40 heavy (non-hydrogen) atoms. The molecule has 0 amide bonds. The van der Waals surface area contributed by atoms with Gasteiger partial charge in [0.25, 0.3) is 0 Å². The Bertz CT molecular complexity index is 930. The second-order valence-corrected chi connectivity index (χ2v) is 9.88. The first-order valence-corrected chi connectivity index (χ1v) is 11.9. The lowest BCUT2D eigenvalue weighted by Crippen LogP contribution is -2.77. The number of carbonyl (C=O) groups is 3. The zero-order valence-electron chi connectivity index (χ0n) is 20.4. The lowest BCUT2D eigenvalue weighted by molar-refractivity contribution is -0.267. The third kappa shape index (κ3) is 4.47. The molecule has 0 saturated carbocycles. The Morgan fingerprint density at radius 1 is 0.600 bits per heavy atom. The van der Waals surface area contributed by atoms with E-state index >= 15 is 0 Å². The Morgan fingerprint density at radius 3 is 1.25 bits per heavy atom. The normalized spacial score (nSPS) is 43.6. The molecule has 3 aliphatic rings. The molecule has 0 bridgehead atoms. The van der Waals surface area contributed by atoms with Crippen molar-refractivity contribution in [3.05, 3.63) is 0 Å². The summed E-state index contributed by atoms with van der Waals surface area (Å²) in [6, 6.07) is 0. The number of rotatable bonds is 11. The van der Waals surface area contributed by atoms with Gasteiger partial charge in [-0.15, -0.1) is 0 Å². The Kier molecular flexibility index (Phi) is 9.43. The number of hydrogen-bond acceptors (Lipinski definition) is 16. The van der Waals surface area contributed by atoms with Crippen molar-refractivity contribution in [1.82, 2.24) is 0 Å². The number of ether oxygens (including phenoxy) is 3. The first kappa shape index (κ1) is 32.4. The topological polar surface area (TPSA) is 342 Å². The maximum absolute atomic E-state index is 13.2. The molecule has 3 aliphatic heterocycles. The molecule has 230 valence electrons. The lowest BCUT2D eigenvalue weighted by atomic mass is 9.56. The van der Waals surface area contributed by atoms with Gasteiger partial charge in [-0.3, -0.25) is 9.59 Å². The van der Waals surface area contributed by atoms with Crippen LogP contribution < -0.4 is 0 Å². The fourth-order valence-corrected chi connectivity index (χ4v) is 5.88. The molecule has 3 rings (SSSR count). The van der Waals surface area contributed by atoms with Crippen molar-refractivity contribution in [3.8, 4) is 0 Å². The van der Waals surface area contributed by atoms with Gasteiger partial charge in [-0.05, 0) is 0 Å². The molecule has 0 radical (unpaired) electrons. The zero-order chi connectivity index (χ0) is 30.5. The van der Waals surface area contributed by atoms with Gasteiger partial charge >= 0.3 is 17.9 Å². The van der Waals surface area contributed by atoms with Crippen LogP contribution in [0.1, 0.15) is 0 Å². The Morgan fingerprint density at radius 2 is 0.975 bits per heavy atom. The van der Waals surface area contributed by atoms with E-state index in [1.807, 2.05) is 0 Å². The molecule has 19 heteroatoms. The van der Waals surface area contributed by atoms with Gasteiger partial charge in [0.1, 0.15) is 79.2 Å². The molecule has 3 fully saturated rings. The molecule has 0 aromatic carbocycles. The summed E-state index contributed by atoms with van der Waals surface area (Å²) in [4.78, 5) is 38.6. The van der Waals surface area contributed by atoms with Crippen LogP contribution in [0.2, 0.25) is 0 Å². The van der Waals surface area contributed by atoms with Crippen molar-refractivity contribution in [3.63, 3.8) is 0 Å². The number of carboxylic acid groups (broad SMARTS) is 3. The van der Waals surface area contributed by atoms with Crippen molar-refractivity contribution in [2.24, 2.45) is 11.3 Å². The van der Waals surface area contributed by atoms with E-state index in [1.165, 1.54) is 0 Å². The maximum Gasteiger partial charge on any atom is 0.338 e. The molecule has 0 aromatic rings. The fraction of sp³-hybridized carbons (Fsp3) is 0.857. The van der Waals surface area contributed by atoms with Crippen LogP contribution in [-0.4, -0.2) is 183 Å². The monoisotopic (exact) mass is 588 g/mol. The second kappa shape index (κ2) is 11.6. The minimum absolute atomic E-state index is 1.06. The quantitative estimate of drug-likeness (QED) is 0.106. The highest BCUT2D eigenvalue weighted by molar-refractivity contribution is 5.95. The number of aliphatic hydroxyl groups is 10. The average molecular weight is 588 g/mol. The lowest BCUT2D eigenvalue weighted by Gasteiger charge is -2.51. The summed E-state index contributed by atoms with van der Waals surface area (Å²) in [6.07, 6.45) is -27.3. The SMILES string of the molecule is O=C(O)C(C1O[C@H](CO)[C@@H](O)[C@H]1O)C(O)(C(=O)O)C(C(=O)O)(C1O[C@H](CO)[C@@H](O)[C@H]1O)C1O[C@H](CO)[C@@H](O)[C@H]1O. The highest BCUT2D eigenvalue weighted by atomic mass is 16.6. The van der Waals surface area contributed by atoms with Gasteiger partial charge in [-0.25, -0.2) is 4.79 Å². The van der Waals surface area contributed by atoms with E-state index in [0.717, 1.165) is 0 Å². The van der Waals surface area contributed by atoms with Crippen LogP contribution in [0.4, 0.5) is 0 Å². The van der Waals surface area contributed by atoms with Gasteiger partial charge in [0.15, 0.2) is 11.0 Å². The van der Waals surface area contributed by atoms with E-state index in [4.69, 9.17) is 14.2 Å². The van der Waals surface area contributed by atoms with E-state index in [-0.39, 0.29) is 0 Å². The second-order valence-electron chi connectivity index (χ2n) is 9.88. The third-order valence-corrected chi connectivity index (χ3v) is 7.92. The van der Waals surface area contributed by atoms with Gasteiger partial charge in [-0.2, -0.15) is 0 Å². The van der Waals surface area contributed by atoms with Crippen LogP contribution in [0, 0.1) is 11.3 Å². The zero-order valence-corrected chi connectivity index (χ0v) is 20.4. The van der Waals surface area contributed by atoms with Crippen LogP contribution >= 0.6 is 0 Å². The molecule has 3 saturated heterocycles. The molecule has 19 nitrogen and oxygen atoms in total. The number of aliphatic hydroxyl groups excluding tert-OH is 9. The summed E-state index contributed by atoms with van der Waals surface area (Å²) < 4.78 is 15.6. The van der Waals surface area contributed by atoms with Gasteiger partial charge in [0.05, 0.1) is 19.8 Å². The van der Waals surface area contributed by atoms with Gasteiger partial charge in [0, 0.05) is 0 Å². The van der Waals surface area contributed by atoms with E-state index < -0.39 is 128 Å². The van der Waals surface area contributed by atoms with Crippen molar-refractivity contribution in [1.29, 1.82) is 0 Å². The largest absolute Gasteiger partial charge is 0.481 e. The Hall–Kier alpha value is -2.11. The van der Waals surface area contributed by atoms with Crippen molar-refractivity contribution in [2.45, 2.75) is 78.8 Å². The summed E-state index contributed by atoms with van der Waals surface area (Å²) in [5.74, 6) is -10.7. The minimum Gasteiger partial charge on any atom is -0.481 e. The smallest absolute Gasteiger partial charge is 0.338 e. The standard InChI is InChI=1S/C21H32O19/c22-1-4-8(25)11(28)14(38-4)7(17(31)32)21(37,19(35)36)20(18(33)34,15-12(29)9(26)5(2-23)39-15)16-13(30)10(27)6(3-24)40-16/h4-16,22-30,37H,1-3H2,(H,31,32)(H,33,34)(H,35,36)/t4-,5-,6-,7?,8-,9-,10-,11-,12-,13-,14?,15?,16?,20?,21?/m1/s1. The molecule has 5 unspecified atom stereocenters. The van der Waals surface area contributed by atoms with Crippen LogP contribution in [0.25, 0.3) is 0 Å². The molecule has 14 atom stereocenters. The highest BCUT2D eigenvalue weighted by Gasteiger charge is 2.80. The van der Waals surface area contributed by atoms with E-state index in [2.05, 4.69) is 0 Å². The van der Waals surface area contributed by atoms with E-state index in [0.29, 0.717) is 0 Å². The number of aliphatic carboxylic acids is 3. The molecule has 0 spiro atoms. The van der Waals surface area contributed by atoms with Gasteiger partial charge in [0.2, 0.25) is 0 Å². The summed E-state index contributed by atoms with van der Waals surface area (Å²) in [5, 5.41) is 134. The van der Waals surface area contributed by atoms with Gasteiger partial charge in [-0.1, -0.05) is 0 Å².